The number of likely N-dealkylation sites (tertiary alicyclic amines) is 1. The second-order valence-corrected chi connectivity index (χ2v) is 9.94. The van der Waals surface area contributed by atoms with E-state index in [1.807, 2.05) is 13.8 Å². The molecule has 1 fully saturated rings. The Morgan fingerprint density at radius 3 is 2.34 bits per heavy atom. The number of carbonyl (C=O) groups excluding carboxylic acids is 1. The fourth-order valence-corrected chi connectivity index (χ4v) is 5.06. The number of anilines is 1. The summed E-state index contributed by atoms with van der Waals surface area (Å²) in [5.41, 5.74) is 9.22. The summed E-state index contributed by atoms with van der Waals surface area (Å²) in [6.45, 7) is 7.29. The summed E-state index contributed by atoms with van der Waals surface area (Å²) in [4.78, 5) is 17.9. The molecule has 216 valence electrons. The largest absolute Gasteiger partial charge is 0.493 e. The lowest BCUT2D eigenvalue weighted by atomic mass is 9.99. The maximum atomic E-state index is 13.6. The molecule has 1 saturated heterocycles. The number of ether oxygens (including phenoxy) is 3. The van der Waals surface area contributed by atoms with E-state index in [9.17, 15) is 9.18 Å². The van der Waals surface area contributed by atoms with Gasteiger partial charge in [0, 0.05) is 31.7 Å². The molecule has 0 aliphatic carbocycles. The highest BCUT2D eigenvalue weighted by Gasteiger charge is 2.23. The van der Waals surface area contributed by atoms with Gasteiger partial charge in [-0.1, -0.05) is 12.1 Å². The van der Waals surface area contributed by atoms with Crippen molar-refractivity contribution >= 4 is 23.0 Å². The molecule has 5 rings (SSSR count). The summed E-state index contributed by atoms with van der Waals surface area (Å²) in [5.74, 6) is 1.16. The third-order valence-electron chi connectivity index (χ3n) is 6.92. The summed E-state index contributed by atoms with van der Waals surface area (Å²) in [5, 5.41) is 3.42. The van der Waals surface area contributed by atoms with Crippen LogP contribution in [0.2, 0.25) is 0 Å². The third-order valence-corrected chi connectivity index (χ3v) is 6.92. The van der Waals surface area contributed by atoms with E-state index in [1.165, 1.54) is 12.1 Å². The van der Waals surface area contributed by atoms with Gasteiger partial charge in [0.15, 0.2) is 12.2 Å². The molecule has 1 aliphatic heterocycles. The minimum absolute atomic E-state index is 0.189. The minimum Gasteiger partial charge on any atom is -0.493 e. The number of aromatic nitrogens is 1. The molecule has 3 N–H and O–H groups in total. The monoisotopic (exact) mass is 562 g/mol. The van der Waals surface area contributed by atoms with Crippen LogP contribution in [0.15, 0.2) is 59.0 Å². The molecule has 1 aliphatic rings. The van der Waals surface area contributed by atoms with Gasteiger partial charge in [0.25, 0.3) is 11.9 Å². The number of hydrogen-bond donors (Lipinski definition) is 2. The van der Waals surface area contributed by atoms with Crippen molar-refractivity contribution in [1.82, 2.24) is 9.88 Å². The number of oxazole rings is 1. The molecule has 1 amide bonds. The number of fused-ring (bicyclic) bond motifs is 1. The number of benzene rings is 3. The number of amides is 1. The zero-order valence-corrected chi connectivity index (χ0v) is 23.3. The first kappa shape index (κ1) is 28.2. The minimum atomic E-state index is -0.537. The van der Waals surface area contributed by atoms with Gasteiger partial charge in [-0.2, -0.15) is 4.98 Å². The quantitative estimate of drug-likeness (QED) is 0.237. The smallest absolute Gasteiger partial charge is 0.295 e. The van der Waals surface area contributed by atoms with E-state index in [0.717, 1.165) is 60.7 Å². The van der Waals surface area contributed by atoms with Crippen molar-refractivity contribution in [1.29, 1.82) is 0 Å². The molecule has 9 nitrogen and oxygen atoms in total. The fraction of sp³-hybridized carbons (Fsp3) is 0.355. The maximum absolute atomic E-state index is 13.6. The Hall–Kier alpha value is -4.31. The molecule has 0 saturated carbocycles. The predicted octanol–water partition coefficient (Wildman–Crippen LogP) is 5.37. The van der Waals surface area contributed by atoms with Gasteiger partial charge in [-0.25, -0.2) is 4.39 Å². The van der Waals surface area contributed by atoms with Crippen molar-refractivity contribution in [3.63, 3.8) is 0 Å². The average molecular weight is 563 g/mol. The molecule has 10 heteroatoms. The fourth-order valence-electron chi connectivity index (χ4n) is 5.06. The van der Waals surface area contributed by atoms with Crippen molar-refractivity contribution in [3.05, 3.63) is 66.0 Å². The summed E-state index contributed by atoms with van der Waals surface area (Å²) in [6.07, 6.45) is 1.85. The van der Waals surface area contributed by atoms with Crippen LogP contribution in [0.1, 0.15) is 32.3 Å². The second-order valence-electron chi connectivity index (χ2n) is 9.94. The Labute approximate surface area is 238 Å². The van der Waals surface area contributed by atoms with Crippen molar-refractivity contribution in [2.45, 2.75) is 39.3 Å². The van der Waals surface area contributed by atoms with Crippen molar-refractivity contribution < 1.29 is 27.8 Å². The van der Waals surface area contributed by atoms with Gasteiger partial charge in [-0.05, 0) is 74.2 Å². The molecule has 2 heterocycles. The standard InChI is InChI=1S/C31H35FN4O5/c1-3-38-27-15-20(16-28(39-4-2)30(27)21-5-7-22(32)8-6-21)18-36-13-11-23(12-14-36)34-31-35-25-17-24(40-19-29(33)37)9-10-26(25)41-31/h5-10,15-17,23H,3-4,11-14,18-19H2,1-2H3,(H2,33,37)(H,34,35). The third kappa shape index (κ3) is 7.07. The normalized spacial score (nSPS) is 14.2. The van der Waals surface area contributed by atoms with Gasteiger partial charge in [0.2, 0.25) is 0 Å². The second kappa shape index (κ2) is 12.9. The highest BCUT2D eigenvalue weighted by Crippen LogP contribution is 2.40. The molecular weight excluding hydrogens is 527 g/mol. The van der Waals surface area contributed by atoms with Gasteiger partial charge in [0.05, 0.1) is 18.8 Å². The molecule has 1 aromatic heterocycles. The lowest BCUT2D eigenvalue weighted by Gasteiger charge is -2.32. The number of carbonyl (C=O) groups is 1. The lowest BCUT2D eigenvalue weighted by Crippen LogP contribution is -2.38. The SMILES string of the molecule is CCOc1cc(CN2CCC(Nc3nc4cc(OCC(N)=O)ccc4o3)CC2)cc(OCC)c1-c1ccc(F)cc1. The van der Waals surface area contributed by atoms with Gasteiger partial charge < -0.3 is 29.7 Å². The molecule has 4 aromatic rings. The number of piperidine rings is 1. The van der Waals surface area contributed by atoms with Crippen LogP contribution in [-0.4, -0.2) is 54.7 Å². The van der Waals surface area contributed by atoms with Crippen LogP contribution in [-0.2, 0) is 11.3 Å². The van der Waals surface area contributed by atoms with Gasteiger partial charge >= 0.3 is 0 Å². The van der Waals surface area contributed by atoms with Crippen LogP contribution in [0.3, 0.4) is 0 Å². The Bertz CT molecular complexity index is 1450. The zero-order valence-electron chi connectivity index (χ0n) is 23.3. The number of nitrogens with zero attached hydrogens (tertiary/aromatic N) is 2. The highest BCUT2D eigenvalue weighted by molar-refractivity contribution is 5.78. The zero-order chi connectivity index (χ0) is 28.8. The van der Waals surface area contributed by atoms with Crippen LogP contribution in [0.25, 0.3) is 22.2 Å². The number of halogens is 1. The predicted molar refractivity (Wildman–Crippen MR) is 155 cm³/mol. The Morgan fingerprint density at radius 1 is 1.02 bits per heavy atom. The Morgan fingerprint density at radius 2 is 1.71 bits per heavy atom. The Kier molecular flexibility index (Phi) is 8.88. The van der Waals surface area contributed by atoms with Crippen LogP contribution in [0.4, 0.5) is 10.4 Å². The van der Waals surface area contributed by atoms with E-state index >= 15 is 0 Å². The van der Waals surface area contributed by atoms with Crippen LogP contribution in [0.5, 0.6) is 17.2 Å². The topological polar surface area (TPSA) is 112 Å². The number of nitrogens with two attached hydrogens (primary N) is 1. The van der Waals surface area contributed by atoms with Gasteiger partial charge in [0.1, 0.15) is 28.6 Å². The van der Waals surface area contributed by atoms with Crippen molar-refractivity contribution in [3.8, 4) is 28.4 Å². The number of hydrogen-bond acceptors (Lipinski definition) is 8. The number of rotatable bonds is 12. The Balaban J connectivity index is 1.23. The van der Waals surface area contributed by atoms with Crippen molar-refractivity contribution in [2.75, 3.05) is 38.2 Å². The van der Waals surface area contributed by atoms with Crippen LogP contribution >= 0.6 is 0 Å². The first-order chi connectivity index (χ1) is 19.9. The van der Waals surface area contributed by atoms with Crippen LogP contribution in [0, 0.1) is 5.82 Å². The highest BCUT2D eigenvalue weighted by atomic mass is 19.1. The molecule has 0 radical (unpaired) electrons. The average Bonchev–Trinajstić information content (AvgIpc) is 3.35. The summed E-state index contributed by atoms with van der Waals surface area (Å²) >= 11 is 0. The first-order valence-corrected chi connectivity index (χ1v) is 13.9. The molecule has 0 spiro atoms. The van der Waals surface area contributed by atoms with Gasteiger partial charge in [-0.15, -0.1) is 0 Å². The molecule has 3 aromatic carbocycles. The summed E-state index contributed by atoms with van der Waals surface area (Å²) in [6, 6.07) is 16.4. The first-order valence-electron chi connectivity index (χ1n) is 13.9. The number of primary amides is 1. The number of nitrogens with one attached hydrogen (secondary N) is 1. The molecule has 0 bridgehead atoms. The van der Waals surface area contributed by atoms with E-state index in [4.69, 9.17) is 24.4 Å². The molecule has 0 atom stereocenters. The summed E-state index contributed by atoms with van der Waals surface area (Å²) < 4.78 is 36.9. The van der Waals surface area contributed by atoms with Crippen LogP contribution < -0.4 is 25.3 Å². The van der Waals surface area contributed by atoms with E-state index in [2.05, 4.69) is 27.3 Å². The molecule has 0 unspecified atom stereocenters. The van der Waals surface area contributed by atoms with E-state index in [-0.39, 0.29) is 18.5 Å². The maximum Gasteiger partial charge on any atom is 0.295 e. The molecular formula is C31H35FN4O5. The van der Waals surface area contributed by atoms with Gasteiger partial charge in [-0.3, -0.25) is 9.69 Å². The van der Waals surface area contributed by atoms with E-state index in [1.54, 1.807) is 30.3 Å². The lowest BCUT2D eigenvalue weighted by molar-refractivity contribution is -0.119. The van der Waals surface area contributed by atoms with Crippen molar-refractivity contribution in [2.24, 2.45) is 5.73 Å². The van der Waals surface area contributed by atoms with E-state index < -0.39 is 5.91 Å². The van der Waals surface area contributed by atoms with E-state index in [0.29, 0.717) is 36.1 Å². The molecule has 41 heavy (non-hydrogen) atoms. The summed E-state index contributed by atoms with van der Waals surface area (Å²) in [7, 11) is 0.